The molecule has 0 amide bonds. The van der Waals surface area contributed by atoms with Crippen LogP contribution in [0.3, 0.4) is 0 Å². The number of hydrogen-bond acceptors (Lipinski definition) is 8. The van der Waals surface area contributed by atoms with Crippen LogP contribution in [0, 0.1) is 6.92 Å². The molecule has 0 spiro atoms. The van der Waals surface area contributed by atoms with Crippen LogP contribution in [0.5, 0.6) is 0 Å². The molecule has 0 radical (unpaired) electrons. The van der Waals surface area contributed by atoms with Crippen molar-refractivity contribution < 1.29 is 34.8 Å². The minimum absolute atomic E-state index is 0.0285. The fourth-order valence-corrected chi connectivity index (χ4v) is 4.84. The number of sulfone groups is 1. The van der Waals surface area contributed by atoms with E-state index in [1.165, 1.54) is 19.9 Å². The zero-order chi connectivity index (χ0) is 28.7. The molecule has 0 saturated carbocycles. The van der Waals surface area contributed by atoms with E-state index in [0.29, 0.717) is 15.1 Å². The van der Waals surface area contributed by atoms with E-state index in [-0.39, 0.29) is 22.7 Å². The number of fused-ring (bicyclic) bond motifs is 2. The van der Waals surface area contributed by atoms with E-state index in [1.807, 2.05) is 0 Å². The molecule has 0 bridgehead atoms. The lowest BCUT2D eigenvalue weighted by Crippen LogP contribution is -2.30. The van der Waals surface area contributed by atoms with Crippen molar-refractivity contribution >= 4 is 21.1 Å². The summed E-state index contributed by atoms with van der Waals surface area (Å²) in [5, 5.41) is 10.9. The summed E-state index contributed by atoms with van der Waals surface area (Å²) in [6.45, 7) is 2.63. The largest absolute Gasteiger partial charge is 0.435 e. The van der Waals surface area contributed by atoms with Crippen molar-refractivity contribution in [2.75, 3.05) is 5.75 Å². The van der Waals surface area contributed by atoms with Crippen LogP contribution < -0.4 is 5.69 Å². The lowest BCUT2D eigenvalue weighted by atomic mass is 10.3. The lowest BCUT2D eigenvalue weighted by Gasteiger charge is -2.10. The molecule has 0 aromatic carbocycles. The van der Waals surface area contributed by atoms with Gasteiger partial charge in [0.2, 0.25) is 0 Å². The average Bonchev–Trinajstić information content (AvgIpc) is 3.54. The first-order valence-corrected chi connectivity index (χ1v) is 12.5. The van der Waals surface area contributed by atoms with Gasteiger partial charge in [0, 0.05) is 31.1 Å². The van der Waals surface area contributed by atoms with E-state index in [9.17, 15) is 39.6 Å². The number of hydrogen-bond donors (Lipinski definition) is 0. The third-order valence-electron chi connectivity index (χ3n) is 5.78. The summed E-state index contributed by atoms with van der Waals surface area (Å²) in [7, 11) is -3.31. The van der Waals surface area contributed by atoms with E-state index in [2.05, 4.69) is 25.3 Å². The fourth-order valence-electron chi connectivity index (χ4n) is 3.87. The average molecular weight is 575 g/mol. The first kappa shape index (κ1) is 26.3. The summed E-state index contributed by atoms with van der Waals surface area (Å²) in [6.07, 6.45) is -8.53. The molecule has 12 nitrogen and oxygen atoms in total. The van der Waals surface area contributed by atoms with Gasteiger partial charge in [-0.15, -0.1) is 5.10 Å². The lowest BCUT2D eigenvalue weighted by molar-refractivity contribution is -0.144. The smallest absolute Gasteiger partial charge is 0.291 e. The first-order chi connectivity index (χ1) is 18.0. The Hall–Kier alpha value is -4.29. The molecule has 0 fully saturated rings. The molecule has 39 heavy (non-hydrogen) atoms. The second kappa shape index (κ2) is 8.35. The first-order valence-electron chi connectivity index (χ1n) is 10.8. The summed E-state index contributed by atoms with van der Waals surface area (Å²) in [4.78, 5) is 20.6. The van der Waals surface area contributed by atoms with E-state index in [0.717, 1.165) is 28.5 Å². The second-order valence-electron chi connectivity index (χ2n) is 8.28. The van der Waals surface area contributed by atoms with Crippen LogP contribution in [0.2, 0.25) is 0 Å². The van der Waals surface area contributed by atoms with Gasteiger partial charge in [0.25, 0.3) is 0 Å². The van der Waals surface area contributed by atoms with Gasteiger partial charge in [0.15, 0.2) is 43.5 Å². The normalized spacial score (nSPS) is 13.2. The fraction of sp³-hybridized carbons (Fsp3) is 0.300. The van der Waals surface area contributed by atoms with Gasteiger partial charge < -0.3 is 0 Å². The quantitative estimate of drug-likeness (QED) is 0.299. The van der Waals surface area contributed by atoms with E-state index < -0.39 is 61.5 Å². The predicted octanol–water partition coefficient (Wildman–Crippen LogP) is 2.46. The maximum absolute atomic E-state index is 13.4. The highest BCUT2D eigenvalue weighted by atomic mass is 32.2. The van der Waals surface area contributed by atoms with Crippen molar-refractivity contribution in [1.29, 1.82) is 0 Å². The minimum atomic E-state index is -4.91. The van der Waals surface area contributed by atoms with Crippen LogP contribution in [0.15, 0.2) is 34.2 Å². The van der Waals surface area contributed by atoms with Crippen LogP contribution >= 0.6 is 0 Å². The van der Waals surface area contributed by atoms with Gasteiger partial charge in [0.05, 0.1) is 5.75 Å². The molecule has 0 atom stereocenters. The Balaban J connectivity index is 1.84. The predicted molar refractivity (Wildman–Crippen MR) is 120 cm³/mol. The Morgan fingerprint density at radius 3 is 2.26 bits per heavy atom. The molecule has 5 aromatic rings. The molecule has 0 aliphatic rings. The van der Waals surface area contributed by atoms with Crippen molar-refractivity contribution in [2.24, 2.45) is 7.05 Å². The van der Waals surface area contributed by atoms with E-state index in [1.54, 1.807) is 0 Å². The highest BCUT2D eigenvalue weighted by Crippen LogP contribution is 2.33. The number of alkyl halides is 6. The standard InChI is InChI=1S/C20H15F6N9O3S/c1-4-39(37,38)17-14(15-28-12-8-11(20(24,25)26)32(3)18(36)34(12)30-15)16-27-6-5-13(35(16)31-17)33-9(2)7-10(29-33)19(21,22)23/h5-8H,4H2,1-3H3. The van der Waals surface area contributed by atoms with Gasteiger partial charge in [-0.25, -0.2) is 27.9 Å². The molecule has 206 valence electrons. The molecule has 0 unspecified atom stereocenters. The van der Waals surface area contributed by atoms with Gasteiger partial charge in [0.1, 0.15) is 11.3 Å². The van der Waals surface area contributed by atoms with Crippen LogP contribution in [0.1, 0.15) is 24.0 Å². The van der Waals surface area contributed by atoms with E-state index >= 15 is 0 Å². The van der Waals surface area contributed by atoms with Crippen LogP contribution in [-0.2, 0) is 29.2 Å². The van der Waals surface area contributed by atoms with Gasteiger partial charge in [-0.05, 0) is 13.0 Å². The molecule has 0 aliphatic heterocycles. The Morgan fingerprint density at radius 2 is 1.67 bits per heavy atom. The van der Waals surface area contributed by atoms with E-state index in [4.69, 9.17) is 0 Å². The van der Waals surface area contributed by atoms with Gasteiger partial charge in [-0.1, -0.05) is 6.92 Å². The Labute approximate surface area is 213 Å². The minimum Gasteiger partial charge on any atom is -0.291 e. The third-order valence-corrected chi connectivity index (χ3v) is 7.41. The highest BCUT2D eigenvalue weighted by molar-refractivity contribution is 7.91. The summed E-state index contributed by atoms with van der Waals surface area (Å²) in [5.74, 6) is -1.11. The van der Waals surface area contributed by atoms with Crippen LogP contribution in [0.4, 0.5) is 26.3 Å². The number of halogens is 6. The summed E-state index contributed by atoms with van der Waals surface area (Å²) >= 11 is 0. The molecule has 19 heteroatoms. The van der Waals surface area contributed by atoms with Crippen molar-refractivity contribution in [3.8, 4) is 17.2 Å². The Kier molecular flexibility index (Phi) is 5.64. The van der Waals surface area contributed by atoms with Crippen LogP contribution in [-0.4, -0.2) is 57.7 Å². The van der Waals surface area contributed by atoms with Gasteiger partial charge in [-0.2, -0.15) is 45.6 Å². The number of nitrogens with zero attached hydrogens (tertiary/aromatic N) is 9. The summed E-state index contributed by atoms with van der Waals surface area (Å²) < 4.78 is 109. The summed E-state index contributed by atoms with van der Waals surface area (Å²) in [6, 6.07) is 2.56. The van der Waals surface area contributed by atoms with Crippen molar-refractivity contribution in [2.45, 2.75) is 31.2 Å². The van der Waals surface area contributed by atoms with Crippen molar-refractivity contribution in [3.63, 3.8) is 0 Å². The molecule has 5 aromatic heterocycles. The molecule has 0 aliphatic carbocycles. The van der Waals surface area contributed by atoms with Crippen molar-refractivity contribution in [3.05, 3.63) is 52.0 Å². The topological polar surface area (TPSA) is 134 Å². The van der Waals surface area contributed by atoms with Crippen LogP contribution in [0.25, 0.3) is 28.5 Å². The monoisotopic (exact) mass is 575 g/mol. The number of aryl methyl sites for hydroxylation is 1. The molecular formula is C20H15F6N9O3S. The maximum atomic E-state index is 13.4. The number of rotatable bonds is 4. The zero-order valence-electron chi connectivity index (χ0n) is 19.9. The van der Waals surface area contributed by atoms with Gasteiger partial charge >= 0.3 is 18.0 Å². The SMILES string of the molecule is CCS(=O)(=O)c1nn2c(-n3nc(C(F)(F)F)cc3C)ccnc2c1-c1nc2cc(C(F)(F)F)n(C)c(=O)n2n1. The molecule has 0 N–H and O–H groups in total. The van der Waals surface area contributed by atoms with Gasteiger partial charge in [-0.3, -0.25) is 4.57 Å². The molecule has 5 heterocycles. The summed E-state index contributed by atoms with van der Waals surface area (Å²) in [5.41, 5.74) is -4.87. The molecule has 5 rings (SSSR count). The molecule has 0 saturated heterocycles. The number of aromatic nitrogens is 9. The molecular weight excluding hydrogens is 560 g/mol. The zero-order valence-corrected chi connectivity index (χ0v) is 20.8. The second-order valence-corrected chi connectivity index (χ2v) is 10.5. The highest BCUT2D eigenvalue weighted by Gasteiger charge is 2.37. The Bertz CT molecular complexity index is 1950. The Morgan fingerprint density at radius 1 is 0.974 bits per heavy atom. The maximum Gasteiger partial charge on any atom is 0.435 e. The van der Waals surface area contributed by atoms with Crippen molar-refractivity contribution in [1.82, 2.24) is 43.5 Å². The third kappa shape index (κ3) is 4.12.